The summed E-state index contributed by atoms with van der Waals surface area (Å²) in [5, 5.41) is 7.98. The number of carbonyl (C=O) groups is 2. The molecule has 0 bridgehead atoms. The van der Waals surface area contributed by atoms with Crippen molar-refractivity contribution in [1.29, 1.82) is 0 Å². The maximum atomic E-state index is 10.2. The predicted octanol–water partition coefficient (Wildman–Crippen LogP) is -0.845. The summed E-state index contributed by atoms with van der Waals surface area (Å²) in [4.78, 5) is 20.0. The minimum atomic E-state index is -1.14. The van der Waals surface area contributed by atoms with Gasteiger partial charge in [-0.05, 0) is 6.08 Å². The van der Waals surface area contributed by atoms with Crippen LogP contribution < -0.4 is 5.73 Å². The van der Waals surface area contributed by atoms with E-state index in [1.165, 1.54) is 0 Å². The minimum Gasteiger partial charge on any atom is -0.478 e. The van der Waals surface area contributed by atoms with E-state index in [-0.39, 0.29) is 6.54 Å². The van der Waals surface area contributed by atoms with E-state index in [4.69, 9.17) is 10.8 Å². The van der Waals surface area contributed by atoms with Crippen molar-refractivity contribution in [3.05, 3.63) is 12.2 Å². The van der Waals surface area contributed by atoms with Crippen LogP contribution in [-0.4, -0.2) is 23.4 Å². The third-order valence-corrected chi connectivity index (χ3v) is 0.613. The molecule has 3 N–H and O–H groups in total. The molecule has 0 aromatic heterocycles. The van der Waals surface area contributed by atoms with Gasteiger partial charge >= 0.3 is 5.97 Å². The van der Waals surface area contributed by atoms with Crippen LogP contribution in [0, 0.1) is 0 Å². The zero-order valence-electron chi connectivity index (χ0n) is 4.70. The van der Waals surface area contributed by atoms with Crippen molar-refractivity contribution in [1.82, 2.24) is 0 Å². The van der Waals surface area contributed by atoms with Crippen molar-refractivity contribution >= 4 is 11.8 Å². The van der Waals surface area contributed by atoms with E-state index in [1.807, 2.05) is 0 Å². The smallest absolute Gasteiger partial charge is 0.328 e. The second-order valence-electron chi connectivity index (χ2n) is 1.34. The van der Waals surface area contributed by atoms with E-state index >= 15 is 0 Å². The highest BCUT2D eigenvalue weighted by Crippen LogP contribution is 1.73. The standard InChI is InChI=1S/C5H7NO3/c6-3-4(7)1-2-5(8)9/h1-2H,3,6H2,(H,8,9)/b2-1-. The Morgan fingerprint density at radius 1 is 1.44 bits per heavy atom. The van der Waals surface area contributed by atoms with Crippen LogP contribution in [0.15, 0.2) is 12.2 Å². The molecule has 0 saturated carbocycles. The fourth-order valence-corrected chi connectivity index (χ4v) is 0.232. The number of hydrogen-bond acceptors (Lipinski definition) is 3. The maximum Gasteiger partial charge on any atom is 0.328 e. The van der Waals surface area contributed by atoms with Crippen molar-refractivity contribution in [3.8, 4) is 0 Å². The Bertz CT molecular complexity index is 150. The van der Waals surface area contributed by atoms with Crippen LogP contribution in [0.4, 0.5) is 0 Å². The monoisotopic (exact) mass is 129 g/mol. The molecule has 0 aromatic rings. The number of hydrogen-bond donors (Lipinski definition) is 2. The molecule has 4 heteroatoms. The maximum absolute atomic E-state index is 10.2. The fraction of sp³-hybridized carbons (Fsp3) is 0.200. The van der Waals surface area contributed by atoms with E-state index in [0.29, 0.717) is 0 Å². The molecule has 0 aliphatic heterocycles. The molecule has 0 spiro atoms. The van der Waals surface area contributed by atoms with Crippen LogP contribution in [0.5, 0.6) is 0 Å². The van der Waals surface area contributed by atoms with Gasteiger partial charge in [-0.2, -0.15) is 0 Å². The first-order valence-corrected chi connectivity index (χ1v) is 2.30. The van der Waals surface area contributed by atoms with Crippen LogP contribution >= 0.6 is 0 Å². The van der Waals surface area contributed by atoms with Crippen molar-refractivity contribution in [2.45, 2.75) is 0 Å². The first-order chi connectivity index (χ1) is 4.16. The summed E-state index contributed by atoms with van der Waals surface area (Å²) < 4.78 is 0. The van der Waals surface area contributed by atoms with Crippen LogP contribution in [0.2, 0.25) is 0 Å². The number of ketones is 1. The van der Waals surface area contributed by atoms with Gasteiger partial charge in [-0.1, -0.05) is 0 Å². The Balaban J connectivity index is 3.71. The largest absolute Gasteiger partial charge is 0.478 e. The Kier molecular flexibility index (Phi) is 3.31. The average molecular weight is 129 g/mol. The van der Waals surface area contributed by atoms with E-state index in [1.54, 1.807) is 0 Å². The van der Waals surface area contributed by atoms with E-state index in [9.17, 15) is 9.59 Å². The lowest BCUT2D eigenvalue weighted by atomic mass is 10.3. The lowest BCUT2D eigenvalue weighted by Crippen LogP contribution is -2.10. The molecule has 0 radical (unpaired) electrons. The summed E-state index contributed by atoms with van der Waals surface area (Å²) in [7, 11) is 0. The second kappa shape index (κ2) is 3.80. The molecular weight excluding hydrogens is 122 g/mol. The number of carboxylic acids is 1. The number of rotatable bonds is 3. The first-order valence-electron chi connectivity index (χ1n) is 2.30. The quantitative estimate of drug-likeness (QED) is 0.486. The summed E-state index contributed by atoms with van der Waals surface area (Å²) in [6.07, 6.45) is 1.69. The highest BCUT2D eigenvalue weighted by molar-refractivity contribution is 5.96. The number of aliphatic carboxylic acids is 1. The van der Waals surface area contributed by atoms with E-state index in [2.05, 4.69) is 0 Å². The van der Waals surface area contributed by atoms with Gasteiger partial charge < -0.3 is 10.8 Å². The highest BCUT2D eigenvalue weighted by Gasteiger charge is 1.90. The molecule has 0 fully saturated rings. The molecule has 0 aliphatic carbocycles. The van der Waals surface area contributed by atoms with Crippen molar-refractivity contribution < 1.29 is 14.7 Å². The molecule has 0 amide bonds. The molecular formula is C5H7NO3. The predicted molar refractivity (Wildman–Crippen MR) is 30.8 cm³/mol. The molecule has 0 heterocycles. The van der Waals surface area contributed by atoms with Crippen LogP contribution in [0.3, 0.4) is 0 Å². The molecule has 50 valence electrons. The van der Waals surface area contributed by atoms with Crippen LogP contribution in [-0.2, 0) is 9.59 Å². The lowest BCUT2D eigenvalue weighted by molar-refractivity contribution is -0.131. The van der Waals surface area contributed by atoms with Gasteiger partial charge in [0.1, 0.15) is 0 Å². The molecule has 0 saturated heterocycles. The van der Waals surface area contributed by atoms with Gasteiger partial charge in [0.2, 0.25) is 0 Å². The SMILES string of the molecule is NCC(=O)/C=C\C(=O)O. The number of carboxylic acid groups (broad SMARTS) is 1. The van der Waals surface area contributed by atoms with Gasteiger partial charge in [0.15, 0.2) is 5.78 Å². The molecule has 0 unspecified atom stereocenters. The van der Waals surface area contributed by atoms with Gasteiger partial charge in [0.25, 0.3) is 0 Å². The number of nitrogens with two attached hydrogens (primary N) is 1. The van der Waals surface area contributed by atoms with Gasteiger partial charge in [0, 0.05) is 6.08 Å². The summed E-state index contributed by atoms with van der Waals surface area (Å²) >= 11 is 0. The summed E-state index contributed by atoms with van der Waals surface area (Å²) in [5.74, 6) is -1.53. The van der Waals surface area contributed by atoms with Gasteiger partial charge in [-0.3, -0.25) is 4.79 Å². The summed E-state index contributed by atoms with van der Waals surface area (Å²) in [6.45, 7) is -0.149. The molecule has 0 atom stereocenters. The third kappa shape index (κ3) is 4.70. The fourth-order valence-electron chi connectivity index (χ4n) is 0.232. The minimum absolute atomic E-state index is 0.149. The molecule has 9 heavy (non-hydrogen) atoms. The molecule has 0 rings (SSSR count). The zero-order chi connectivity index (χ0) is 7.28. The van der Waals surface area contributed by atoms with Crippen molar-refractivity contribution in [3.63, 3.8) is 0 Å². The van der Waals surface area contributed by atoms with Crippen molar-refractivity contribution in [2.24, 2.45) is 5.73 Å². The average Bonchev–Trinajstić information content (AvgIpc) is 1.83. The summed E-state index contributed by atoms with van der Waals surface area (Å²) in [6, 6.07) is 0. The van der Waals surface area contributed by atoms with Crippen molar-refractivity contribution in [2.75, 3.05) is 6.54 Å². The third-order valence-electron chi connectivity index (χ3n) is 0.613. The Morgan fingerprint density at radius 2 is 2.00 bits per heavy atom. The molecule has 0 aliphatic rings. The second-order valence-corrected chi connectivity index (χ2v) is 1.34. The van der Waals surface area contributed by atoms with Gasteiger partial charge in [-0.15, -0.1) is 0 Å². The van der Waals surface area contributed by atoms with Crippen LogP contribution in [0.1, 0.15) is 0 Å². The number of carbonyl (C=O) groups excluding carboxylic acids is 1. The first kappa shape index (κ1) is 7.84. The molecule has 0 aromatic carbocycles. The van der Waals surface area contributed by atoms with Crippen LogP contribution in [0.25, 0.3) is 0 Å². The van der Waals surface area contributed by atoms with Gasteiger partial charge in [-0.25, -0.2) is 4.79 Å². The Hall–Kier alpha value is -1.16. The molecule has 4 nitrogen and oxygen atoms in total. The lowest BCUT2D eigenvalue weighted by Gasteiger charge is -1.81. The zero-order valence-corrected chi connectivity index (χ0v) is 4.70. The topological polar surface area (TPSA) is 80.4 Å². The normalized spacial score (nSPS) is 9.89. The highest BCUT2D eigenvalue weighted by atomic mass is 16.4. The summed E-state index contributed by atoms with van der Waals surface area (Å²) in [5.41, 5.74) is 4.86. The van der Waals surface area contributed by atoms with Gasteiger partial charge in [0.05, 0.1) is 6.54 Å². The Morgan fingerprint density at radius 3 is 2.33 bits per heavy atom. The Labute approximate surface area is 52.0 Å². The van der Waals surface area contributed by atoms with E-state index < -0.39 is 11.8 Å². The van der Waals surface area contributed by atoms with E-state index in [0.717, 1.165) is 12.2 Å².